The predicted molar refractivity (Wildman–Crippen MR) is 115 cm³/mol. The molecule has 0 radical (unpaired) electrons. The second-order valence-corrected chi connectivity index (χ2v) is 7.66. The van der Waals surface area contributed by atoms with E-state index in [1.165, 1.54) is 6.42 Å². The molecule has 0 bridgehead atoms. The van der Waals surface area contributed by atoms with Crippen LogP contribution in [0, 0.1) is 13.8 Å². The average molecular weight is 390 g/mol. The average Bonchev–Trinajstić information content (AvgIpc) is 2.94. The Morgan fingerprint density at radius 3 is 2.62 bits per heavy atom. The summed E-state index contributed by atoms with van der Waals surface area (Å²) in [5.41, 5.74) is 3.84. The van der Waals surface area contributed by atoms with Crippen LogP contribution in [0.1, 0.15) is 42.0 Å². The zero-order valence-corrected chi connectivity index (χ0v) is 17.1. The molecule has 2 aromatic carbocycles. The number of amides is 2. The van der Waals surface area contributed by atoms with E-state index in [-0.39, 0.29) is 6.03 Å². The first-order chi connectivity index (χ1) is 14.1. The van der Waals surface area contributed by atoms with Gasteiger partial charge in [-0.15, -0.1) is 10.2 Å². The Balaban J connectivity index is 1.64. The number of benzene rings is 2. The number of para-hydroxylation sites is 1. The van der Waals surface area contributed by atoms with Gasteiger partial charge in [0.2, 0.25) is 0 Å². The highest BCUT2D eigenvalue weighted by Crippen LogP contribution is 2.22. The summed E-state index contributed by atoms with van der Waals surface area (Å²) < 4.78 is 2.19. The Morgan fingerprint density at radius 1 is 1.03 bits per heavy atom. The molecule has 6 nitrogen and oxygen atoms in total. The third kappa shape index (κ3) is 4.31. The molecule has 0 fully saturated rings. The van der Waals surface area contributed by atoms with Gasteiger partial charge in [-0.1, -0.05) is 42.3 Å². The molecule has 1 aliphatic rings. The highest BCUT2D eigenvalue weighted by atomic mass is 16.2. The van der Waals surface area contributed by atoms with Crippen LogP contribution in [0.15, 0.2) is 48.5 Å². The first-order valence-corrected chi connectivity index (χ1v) is 10.2. The van der Waals surface area contributed by atoms with Gasteiger partial charge in [0.25, 0.3) is 0 Å². The SMILES string of the molecule is Cc1ccc(N(Cc2nnc3n2CCCCC3)C(=O)Nc2ccccc2C)cc1. The Hall–Kier alpha value is -3.15. The number of aryl methyl sites for hydroxylation is 3. The number of aromatic nitrogens is 3. The zero-order valence-electron chi connectivity index (χ0n) is 17.1. The lowest BCUT2D eigenvalue weighted by molar-refractivity contribution is 0.256. The first kappa shape index (κ1) is 19.2. The number of rotatable bonds is 4. The van der Waals surface area contributed by atoms with E-state index in [1.807, 2.05) is 62.4 Å². The topological polar surface area (TPSA) is 63.1 Å². The molecule has 150 valence electrons. The molecule has 1 aromatic heterocycles. The van der Waals surface area contributed by atoms with Crippen molar-refractivity contribution in [2.45, 2.75) is 52.6 Å². The van der Waals surface area contributed by atoms with E-state index in [9.17, 15) is 4.79 Å². The van der Waals surface area contributed by atoms with Gasteiger partial charge < -0.3 is 9.88 Å². The molecule has 0 spiro atoms. The van der Waals surface area contributed by atoms with E-state index in [0.717, 1.165) is 60.0 Å². The molecule has 1 aliphatic heterocycles. The van der Waals surface area contributed by atoms with E-state index in [1.54, 1.807) is 4.90 Å². The molecule has 29 heavy (non-hydrogen) atoms. The fraction of sp³-hybridized carbons (Fsp3) is 0.348. The highest BCUT2D eigenvalue weighted by Gasteiger charge is 2.22. The summed E-state index contributed by atoms with van der Waals surface area (Å²) in [6.45, 7) is 5.33. The lowest BCUT2D eigenvalue weighted by Crippen LogP contribution is -2.35. The minimum atomic E-state index is -0.172. The van der Waals surface area contributed by atoms with Gasteiger partial charge in [-0.3, -0.25) is 4.90 Å². The number of hydrogen-bond donors (Lipinski definition) is 1. The van der Waals surface area contributed by atoms with E-state index >= 15 is 0 Å². The van der Waals surface area contributed by atoms with Crippen molar-refractivity contribution in [2.75, 3.05) is 10.2 Å². The molecule has 0 aliphatic carbocycles. The van der Waals surface area contributed by atoms with Crippen molar-refractivity contribution in [2.24, 2.45) is 0 Å². The summed E-state index contributed by atoms with van der Waals surface area (Å²) in [7, 11) is 0. The fourth-order valence-electron chi connectivity index (χ4n) is 3.70. The van der Waals surface area contributed by atoms with Crippen molar-refractivity contribution in [1.29, 1.82) is 0 Å². The summed E-state index contributed by atoms with van der Waals surface area (Å²) in [5, 5.41) is 11.9. The molecule has 4 rings (SSSR count). The van der Waals surface area contributed by atoms with Gasteiger partial charge in [-0.2, -0.15) is 0 Å². The van der Waals surface area contributed by atoms with Crippen molar-refractivity contribution in [3.05, 3.63) is 71.3 Å². The molecule has 2 amide bonds. The van der Waals surface area contributed by atoms with Crippen LogP contribution in [0.2, 0.25) is 0 Å². The summed E-state index contributed by atoms with van der Waals surface area (Å²) in [6, 6.07) is 15.6. The van der Waals surface area contributed by atoms with Crippen LogP contribution in [0.3, 0.4) is 0 Å². The Morgan fingerprint density at radius 2 is 1.83 bits per heavy atom. The molecule has 6 heteroatoms. The Bertz CT molecular complexity index is 993. The van der Waals surface area contributed by atoms with Crippen LogP contribution in [-0.2, 0) is 19.5 Å². The Kier molecular flexibility index (Phi) is 5.60. The monoisotopic (exact) mass is 389 g/mol. The van der Waals surface area contributed by atoms with Gasteiger partial charge in [-0.25, -0.2) is 4.79 Å². The van der Waals surface area contributed by atoms with Crippen molar-refractivity contribution in [3.63, 3.8) is 0 Å². The molecule has 2 heterocycles. The van der Waals surface area contributed by atoms with E-state index in [0.29, 0.717) is 6.54 Å². The van der Waals surface area contributed by atoms with E-state index < -0.39 is 0 Å². The van der Waals surface area contributed by atoms with E-state index in [4.69, 9.17) is 0 Å². The largest absolute Gasteiger partial charge is 0.326 e. The summed E-state index contributed by atoms with van der Waals surface area (Å²) >= 11 is 0. The minimum absolute atomic E-state index is 0.172. The van der Waals surface area contributed by atoms with E-state index in [2.05, 4.69) is 20.1 Å². The number of hydrogen-bond acceptors (Lipinski definition) is 3. The normalized spacial score (nSPS) is 13.4. The zero-order chi connectivity index (χ0) is 20.2. The van der Waals surface area contributed by atoms with Crippen LogP contribution in [0.4, 0.5) is 16.2 Å². The number of nitrogens with one attached hydrogen (secondary N) is 1. The lowest BCUT2D eigenvalue weighted by Gasteiger charge is -2.24. The number of anilines is 2. The maximum absolute atomic E-state index is 13.3. The number of carbonyl (C=O) groups is 1. The third-order valence-corrected chi connectivity index (χ3v) is 5.46. The van der Waals surface area contributed by atoms with Crippen LogP contribution < -0.4 is 10.2 Å². The van der Waals surface area contributed by atoms with Crippen LogP contribution in [-0.4, -0.2) is 20.8 Å². The summed E-state index contributed by atoms with van der Waals surface area (Å²) in [4.78, 5) is 15.0. The van der Waals surface area contributed by atoms with Crippen molar-refractivity contribution in [1.82, 2.24) is 14.8 Å². The second kappa shape index (κ2) is 8.47. The van der Waals surface area contributed by atoms with Crippen LogP contribution >= 0.6 is 0 Å². The highest BCUT2D eigenvalue weighted by molar-refractivity contribution is 6.02. The molecular weight excluding hydrogens is 362 g/mol. The molecule has 3 aromatic rings. The van der Waals surface area contributed by atoms with Gasteiger partial charge in [0.1, 0.15) is 5.82 Å². The van der Waals surface area contributed by atoms with Gasteiger partial charge in [0, 0.05) is 24.3 Å². The second-order valence-electron chi connectivity index (χ2n) is 7.66. The summed E-state index contributed by atoms with van der Waals surface area (Å²) in [6.07, 6.45) is 4.43. The van der Waals surface area contributed by atoms with Crippen molar-refractivity contribution < 1.29 is 4.79 Å². The molecule has 0 saturated heterocycles. The third-order valence-electron chi connectivity index (χ3n) is 5.46. The smallest absolute Gasteiger partial charge is 0.313 e. The van der Waals surface area contributed by atoms with Crippen molar-refractivity contribution in [3.8, 4) is 0 Å². The molecule has 0 saturated carbocycles. The standard InChI is InChI=1S/C23H27N5O/c1-17-11-13-19(14-12-17)28(23(29)24-20-9-6-5-8-18(20)2)16-22-26-25-21-10-4-3-7-15-27(21)22/h5-6,8-9,11-14H,3-4,7,10,15-16H2,1-2H3,(H,24,29). The van der Waals surface area contributed by atoms with Crippen LogP contribution in [0.5, 0.6) is 0 Å². The fourth-order valence-corrected chi connectivity index (χ4v) is 3.70. The maximum Gasteiger partial charge on any atom is 0.326 e. The predicted octanol–water partition coefficient (Wildman–Crippen LogP) is 4.86. The maximum atomic E-state index is 13.3. The minimum Gasteiger partial charge on any atom is -0.313 e. The lowest BCUT2D eigenvalue weighted by atomic mass is 10.2. The Labute approximate surface area is 171 Å². The van der Waals surface area contributed by atoms with Gasteiger partial charge >= 0.3 is 6.03 Å². The number of carbonyl (C=O) groups excluding carboxylic acids is 1. The number of fused-ring (bicyclic) bond motifs is 1. The van der Waals surface area contributed by atoms with Crippen molar-refractivity contribution >= 4 is 17.4 Å². The molecular formula is C23H27N5O. The molecule has 0 atom stereocenters. The van der Waals surface area contributed by atoms with Gasteiger partial charge in [0.15, 0.2) is 5.82 Å². The molecule has 1 N–H and O–H groups in total. The first-order valence-electron chi connectivity index (χ1n) is 10.2. The number of urea groups is 1. The quantitative estimate of drug-likeness (QED) is 0.693. The summed E-state index contributed by atoms with van der Waals surface area (Å²) in [5.74, 6) is 1.86. The molecule has 0 unspecified atom stereocenters. The van der Waals surface area contributed by atoms with Crippen LogP contribution in [0.25, 0.3) is 0 Å². The number of nitrogens with zero attached hydrogens (tertiary/aromatic N) is 4. The van der Waals surface area contributed by atoms with Gasteiger partial charge in [-0.05, 0) is 50.5 Å². The van der Waals surface area contributed by atoms with Gasteiger partial charge in [0.05, 0.1) is 6.54 Å².